The van der Waals surface area contributed by atoms with Crippen LogP contribution in [0.1, 0.15) is 16.2 Å². The number of aromatic nitrogens is 1. The van der Waals surface area contributed by atoms with Crippen LogP contribution < -0.4 is 0 Å². The monoisotopic (exact) mass is 206 g/mol. The van der Waals surface area contributed by atoms with Gasteiger partial charge in [0.15, 0.2) is 11.5 Å². The molecule has 0 atom stereocenters. The molecule has 0 amide bonds. The van der Waals surface area contributed by atoms with E-state index in [1.165, 1.54) is 6.07 Å². The maximum Gasteiger partial charge on any atom is 0.358 e. The molecule has 0 aliphatic rings. The van der Waals surface area contributed by atoms with Gasteiger partial charge in [0, 0.05) is 6.07 Å². The smallest absolute Gasteiger partial charge is 0.358 e. The van der Waals surface area contributed by atoms with Gasteiger partial charge in [0.05, 0.1) is 6.54 Å². The summed E-state index contributed by atoms with van der Waals surface area (Å²) in [5.74, 6) is -0.513. The highest BCUT2D eigenvalue weighted by Crippen LogP contribution is 2.04. The number of rotatable bonds is 3. The quantitative estimate of drug-likeness (QED) is 0.795. The van der Waals surface area contributed by atoms with Crippen LogP contribution in [0.15, 0.2) is 10.6 Å². The van der Waals surface area contributed by atoms with E-state index in [2.05, 4.69) is 5.16 Å². The lowest BCUT2D eigenvalue weighted by Crippen LogP contribution is -2.09. The minimum atomic E-state index is -1.07. The standard InChI is InChI=1S/C7H10N2O3.ClH/c1-9(2)4-5-3-6(7(10)11)8-12-5;/h3H,4H2,1-2H3,(H,10,11);1H. The third kappa shape index (κ3) is 3.43. The van der Waals surface area contributed by atoms with Gasteiger partial charge >= 0.3 is 5.97 Å². The molecule has 0 spiro atoms. The maximum absolute atomic E-state index is 10.4. The number of aromatic carboxylic acids is 1. The average Bonchev–Trinajstić information content (AvgIpc) is 2.34. The minimum absolute atomic E-state index is 0. The Hall–Kier alpha value is -1.07. The number of hydrogen-bond donors (Lipinski definition) is 1. The second-order valence-electron chi connectivity index (χ2n) is 2.72. The van der Waals surface area contributed by atoms with Gasteiger partial charge in [-0.3, -0.25) is 0 Å². The van der Waals surface area contributed by atoms with E-state index < -0.39 is 5.97 Å². The maximum atomic E-state index is 10.4. The average molecular weight is 207 g/mol. The highest BCUT2D eigenvalue weighted by molar-refractivity contribution is 5.85. The molecule has 0 radical (unpaired) electrons. The van der Waals surface area contributed by atoms with Crippen molar-refractivity contribution in [1.29, 1.82) is 0 Å². The van der Waals surface area contributed by atoms with Crippen LogP contribution in [0, 0.1) is 0 Å². The highest BCUT2D eigenvalue weighted by atomic mass is 35.5. The molecule has 74 valence electrons. The van der Waals surface area contributed by atoms with Gasteiger partial charge in [-0.25, -0.2) is 4.79 Å². The normalized spacial score (nSPS) is 9.77. The van der Waals surface area contributed by atoms with Crippen molar-refractivity contribution in [3.63, 3.8) is 0 Å². The van der Waals surface area contributed by atoms with Crippen molar-refractivity contribution in [3.8, 4) is 0 Å². The van der Waals surface area contributed by atoms with Crippen LogP contribution in [-0.4, -0.2) is 35.2 Å². The van der Waals surface area contributed by atoms with Crippen molar-refractivity contribution in [1.82, 2.24) is 10.1 Å². The Balaban J connectivity index is 0.00000144. The van der Waals surface area contributed by atoms with Crippen LogP contribution in [0.25, 0.3) is 0 Å². The van der Waals surface area contributed by atoms with Crippen molar-refractivity contribution in [3.05, 3.63) is 17.5 Å². The third-order valence-electron chi connectivity index (χ3n) is 1.25. The zero-order valence-corrected chi connectivity index (χ0v) is 8.17. The zero-order chi connectivity index (χ0) is 9.14. The molecular weight excluding hydrogens is 196 g/mol. The van der Waals surface area contributed by atoms with Gasteiger partial charge in [-0.15, -0.1) is 12.4 Å². The molecule has 1 aromatic rings. The Bertz CT molecular complexity index is 285. The highest BCUT2D eigenvalue weighted by Gasteiger charge is 2.10. The van der Waals surface area contributed by atoms with Crippen LogP contribution in [0.2, 0.25) is 0 Å². The number of nitrogens with zero attached hydrogens (tertiary/aromatic N) is 2. The van der Waals surface area contributed by atoms with Gasteiger partial charge in [0.25, 0.3) is 0 Å². The SMILES string of the molecule is CN(C)Cc1cc(C(=O)O)no1.Cl. The summed E-state index contributed by atoms with van der Waals surface area (Å²) in [5.41, 5.74) is -0.0492. The van der Waals surface area contributed by atoms with E-state index in [0.29, 0.717) is 12.3 Å². The number of halogens is 1. The molecule has 1 heterocycles. The predicted octanol–water partition coefficient (Wildman–Crippen LogP) is 0.856. The van der Waals surface area contributed by atoms with Crippen molar-refractivity contribution >= 4 is 18.4 Å². The molecule has 13 heavy (non-hydrogen) atoms. The summed E-state index contributed by atoms with van der Waals surface area (Å²) in [5, 5.41) is 11.9. The summed E-state index contributed by atoms with van der Waals surface area (Å²) in [6, 6.07) is 1.42. The molecule has 0 aliphatic heterocycles. The van der Waals surface area contributed by atoms with Gasteiger partial charge in [-0.1, -0.05) is 5.16 Å². The predicted molar refractivity (Wildman–Crippen MR) is 48.1 cm³/mol. The number of hydrogen-bond acceptors (Lipinski definition) is 4. The number of carbonyl (C=O) groups is 1. The van der Waals surface area contributed by atoms with Crippen molar-refractivity contribution in [2.24, 2.45) is 0 Å². The molecular formula is C7H11ClN2O3. The molecule has 0 saturated carbocycles. The van der Waals surface area contributed by atoms with E-state index in [4.69, 9.17) is 9.63 Å². The Morgan fingerprint density at radius 3 is 2.69 bits per heavy atom. The van der Waals surface area contributed by atoms with Gasteiger partial charge in [0.2, 0.25) is 0 Å². The summed E-state index contributed by atoms with van der Waals surface area (Å²) < 4.78 is 4.76. The zero-order valence-electron chi connectivity index (χ0n) is 7.35. The first-order chi connectivity index (χ1) is 5.59. The van der Waals surface area contributed by atoms with E-state index in [9.17, 15) is 4.79 Å². The molecule has 0 unspecified atom stereocenters. The van der Waals surface area contributed by atoms with Crippen LogP contribution in [0.4, 0.5) is 0 Å². The van der Waals surface area contributed by atoms with Gasteiger partial charge in [-0.05, 0) is 14.1 Å². The molecule has 0 bridgehead atoms. The second kappa shape index (κ2) is 4.84. The Morgan fingerprint density at radius 2 is 2.31 bits per heavy atom. The lowest BCUT2D eigenvalue weighted by Gasteiger charge is -2.03. The Kier molecular flexibility index (Phi) is 4.44. The number of carboxylic acids is 1. The van der Waals surface area contributed by atoms with Crippen LogP contribution >= 0.6 is 12.4 Å². The van der Waals surface area contributed by atoms with E-state index in [1.807, 2.05) is 19.0 Å². The second-order valence-corrected chi connectivity index (χ2v) is 2.72. The molecule has 5 nitrogen and oxygen atoms in total. The molecule has 1 aromatic heterocycles. The van der Waals surface area contributed by atoms with Crippen molar-refractivity contribution in [2.75, 3.05) is 14.1 Å². The van der Waals surface area contributed by atoms with Crippen molar-refractivity contribution < 1.29 is 14.4 Å². The first-order valence-corrected chi connectivity index (χ1v) is 3.43. The molecule has 0 fully saturated rings. The number of carboxylic acid groups (broad SMARTS) is 1. The summed E-state index contributed by atoms with van der Waals surface area (Å²) >= 11 is 0. The molecule has 0 saturated heterocycles. The van der Waals surface area contributed by atoms with Gasteiger partial charge in [0.1, 0.15) is 0 Å². The summed E-state index contributed by atoms with van der Waals surface area (Å²) in [4.78, 5) is 12.2. The van der Waals surface area contributed by atoms with Gasteiger partial charge < -0.3 is 14.5 Å². The fourth-order valence-electron chi connectivity index (χ4n) is 0.800. The fraction of sp³-hybridized carbons (Fsp3) is 0.429. The van der Waals surface area contributed by atoms with Crippen LogP contribution in [0.5, 0.6) is 0 Å². The topological polar surface area (TPSA) is 66.6 Å². The lowest BCUT2D eigenvalue weighted by molar-refractivity contribution is 0.0685. The summed E-state index contributed by atoms with van der Waals surface area (Å²) in [7, 11) is 3.73. The Labute approximate surface area is 81.7 Å². The van der Waals surface area contributed by atoms with E-state index in [-0.39, 0.29) is 18.1 Å². The third-order valence-corrected chi connectivity index (χ3v) is 1.25. The Morgan fingerprint density at radius 1 is 1.69 bits per heavy atom. The molecule has 1 N–H and O–H groups in total. The van der Waals surface area contributed by atoms with Gasteiger partial charge in [-0.2, -0.15) is 0 Å². The summed E-state index contributed by atoms with van der Waals surface area (Å²) in [6.07, 6.45) is 0. The minimum Gasteiger partial charge on any atom is -0.476 e. The van der Waals surface area contributed by atoms with Crippen LogP contribution in [0.3, 0.4) is 0 Å². The summed E-state index contributed by atoms with van der Waals surface area (Å²) in [6.45, 7) is 0.556. The molecule has 6 heteroatoms. The van der Waals surface area contributed by atoms with E-state index >= 15 is 0 Å². The first-order valence-electron chi connectivity index (χ1n) is 3.43. The molecule has 0 aliphatic carbocycles. The lowest BCUT2D eigenvalue weighted by atomic mass is 10.3. The molecule has 1 rings (SSSR count). The largest absolute Gasteiger partial charge is 0.476 e. The van der Waals surface area contributed by atoms with E-state index in [0.717, 1.165) is 0 Å². The molecule has 0 aromatic carbocycles. The fourth-order valence-corrected chi connectivity index (χ4v) is 0.800. The van der Waals surface area contributed by atoms with Crippen molar-refractivity contribution in [2.45, 2.75) is 6.54 Å². The van der Waals surface area contributed by atoms with Crippen LogP contribution in [-0.2, 0) is 6.54 Å². The first kappa shape index (κ1) is 11.9. The van der Waals surface area contributed by atoms with E-state index in [1.54, 1.807) is 0 Å².